The molecule has 0 radical (unpaired) electrons. The van der Waals surface area contributed by atoms with E-state index in [0.717, 1.165) is 16.3 Å². The van der Waals surface area contributed by atoms with Gasteiger partial charge in [0.1, 0.15) is 0 Å². The summed E-state index contributed by atoms with van der Waals surface area (Å²) in [7, 11) is 0. The molecule has 4 rings (SSSR count). The molecule has 0 bridgehead atoms. The van der Waals surface area contributed by atoms with Crippen molar-refractivity contribution in [2.45, 2.75) is 19.5 Å². The van der Waals surface area contributed by atoms with E-state index in [4.69, 9.17) is 5.11 Å². The highest BCUT2D eigenvalue weighted by Gasteiger charge is 2.16. The van der Waals surface area contributed by atoms with Crippen molar-refractivity contribution in [1.29, 1.82) is 5.26 Å². The summed E-state index contributed by atoms with van der Waals surface area (Å²) in [5.74, 6) is -0.963. The predicted molar refractivity (Wildman–Crippen MR) is 106 cm³/mol. The van der Waals surface area contributed by atoms with Gasteiger partial charge in [0.05, 0.1) is 35.6 Å². The molecule has 0 saturated heterocycles. The Labute approximate surface area is 160 Å². The van der Waals surface area contributed by atoms with Crippen LogP contribution in [0, 0.1) is 11.3 Å². The fourth-order valence-corrected chi connectivity index (χ4v) is 3.57. The van der Waals surface area contributed by atoms with E-state index in [-0.39, 0.29) is 18.7 Å². The van der Waals surface area contributed by atoms with Gasteiger partial charge in [0.25, 0.3) is 0 Å². The number of aliphatic carboxylic acids is 1. The maximum Gasteiger partial charge on any atom is 0.329 e. The number of hydrogen-bond donors (Lipinski definition) is 1. The Kier molecular flexibility index (Phi) is 4.42. The molecule has 0 aliphatic heterocycles. The van der Waals surface area contributed by atoms with Crippen molar-refractivity contribution in [3.05, 3.63) is 82.3 Å². The quantitative estimate of drug-likeness (QED) is 0.583. The maximum absolute atomic E-state index is 13.1. The van der Waals surface area contributed by atoms with Crippen LogP contribution in [0.15, 0.2) is 65.5 Å². The fraction of sp³-hybridized carbons (Fsp3) is 0.136. The number of fused-ring (bicyclic) bond motifs is 2. The lowest BCUT2D eigenvalue weighted by Crippen LogP contribution is -2.25. The minimum absolute atomic E-state index is 0.0824. The van der Waals surface area contributed by atoms with Crippen molar-refractivity contribution >= 4 is 27.8 Å². The SMILES string of the molecule is N#Cc1ccc2c(c1)n(Cc1cccc3ccccc13)c(=O)n2CCC(=O)O. The van der Waals surface area contributed by atoms with E-state index < -0.39 is 5.97 Å². The first-order valence-electron chi connectivity index (χ1n) is 8.90. The van der Waals surface area contributed by atoms with Crippen LogP contribution in [0.3, 0.4) is 0 Å². The number of imidazole rings is 1. The summed E-state index contributed by atoms with van der Waals surface area (Å²) < 4.78 is 3.08. The van der Waals surface area contributed by atoms with Gasteiger partial charge >= 0.3 is 11.7 Å². The standard InChI is InChI=1S/C22H17N3O3/c23-13-15-8-9-19-20(12-15)25(22(28)24(19)11-10-21(26)27)14-17-6-3-5-16-4-1-2-7-18(16)17/h1-9,12H,10-11,14H2,(H,26,27). The van der Waals surface area contributed by atoms with Crippen LogP contribution in [0.1, 0.15) is 17.5 Å². The zero-order valence-corrected chi connectivity index (χ0v) is 15.0. The third kappa shape index (κ3) is 3.03. The van der Waals surface area contributed by atoms with Crippen LogP contribution in [0.25, 0.3) is 21.8 Å². The second kappa shape index (κ2) is 7.05. The number of carboxylic acid groups (broad SMARTS) is 1. The molecule has 0 saturated carbocycles. The second-order valence-electron chi connectivity index (χ2n) is 6.62. The number of aromatic nitrogens is 2. The monoisotopic (exact) mass is 371 g/mol. The van der Waals surface area contributed by atoms with E-state index in [2.05, 4.69) is 6.07 Å². The average Bonchev–Trinajstić information content (AvgIpc) is 2.97. The Balaban J connectivity index is 1.90. The van der Waals surface area contributed by atoms with E-state index in [1.165, 1.54) is 4.57 Å². The Hall–Kier alpha value is -3.85. The van der Waals surface area contributed by atoms with Gasteiger partial charge in [0.2, 0.25) is 0 Å². The van der Waals surface area contributed by atoms with E-state index in [0.29, 0.717) is 23.1 Å². The third-order valence-electron chi connectivity index (χ3n) is 4.91. The zero-order chi connectivity index (χ0) is 19.7. The van der Waals surface area contributed by atoms with Gasteiger partial charge in [0, 0.05) is 6.54 Å². The lowest BCUT2D eigenvalue weighted by Gasteiger charge is -2.08. The number of hydrogen-bond acceptors (Lipinski definition) is 3. The molecule has 0 fully saturated rings. The highest BCUT2D eigenvalue weighted by molar-refractivity contribution is 5.86. The minimum atomic E-state index is -0.963. The molecule has 6 heteroatoms. The summed E-state index contributed by atoms with van der Waals surface area (Å²) >= 11 is 0. The molecule has 0 aliphatic carbocycles. The van der Waals surface area contributed by atoms with E-state index in [1.54, 1.807) is 22.8 Å². The molecule has 0 unspecified atom stereocenters. The van der Waals surface area contributed by atoms with Crippen molar-refractivity contribution in [1.82, 2.24) is 9.13 Å². The number of benzene rings is 3. The molecule has 0 amide bonds. The Morgan fingerprint density at radius 1 is 1.00 bits per heavy atom. The molecule has 0 atom stereocenters. The molecule has 4 aromatic rings. The van der Waals surface area contributed by atoms with Crippen LogP contribution in [-0.4, -0.2) is 20.2 Å². The number of carbonyl (C=O) groups is 1. The summed E-state index contributed by atoms with van der Waals surface area (Å²) in [6, 6.07) is 21.0. The normalized spacial score (nSPS) is 11.0. The number of carboxylic acids is 1. The van der Waals surface area contributed by atoms with Crippen LogP contribution in [0.4, 0.5) is 0 Å². The van der Waals surface area contributed by atoms with Gasteiger partial charge in [0.15, 0.2) is 0 Å². The first-order chi connectivity index (χ1) is 13.6. The molecule has 3 aromatic carbocycles. The number of nitriles is 1. The molecule has 1 aromatic heterocycles. The van der Waals surface area contributed by atoms with Gasteiger partial charge < -0.3 is 5.11 Å². The van der Waals surface area contributed by atoms with E-state index in [1.807, 2.05) is 42.5 Å². The van der Waals surface area contributed by atoms with Gasteiger partial charge in [-0.1, -0.05) is 42.5 Å². The van der Waals surface area contributed by atoms with Gasteiger partial charge in [-0.05, 0) is 34.5 Å². The Morgan fingerprint density at radius 2 is 1.79 bits per heavy atom. The van der Waals surface area contributed by atoms with Crippen molar-refractivity contribution in [2.24, 2.45) is 0 Å². The first-order valence-corrected chi connectivity index (χ1v) is 8.90. The molecule has 6 nitrogen and oxygen atoms in total. The van der Waals surface area contributed by atoms with Crippen LogP contribution in [0.2, 0.25) is 0 Å². The highest BCUT2D eigenvalue weighted by Crippen LogP contribution is 2.22. The molecular formula is C22H17N3O3. The third-order valence-corrected chi connectivity index (χ3v) is 4.91. The maximum atomic E-state index is 13.1. The molecule has 1 N–H and O–H groups in total. The average molecular weight is 371 g/mol. The summed E-state index contributed by atoms with van der Waals surface area (Å²) in [5, 5.41) is 20.4. The number of rotatable bonds is 5. The van der Waals surface area contributed by atoms with Crippen molar-refractivity contribution in [3.63, 3.8) is 0 Å². The molecule has 28 heavy (non-hydrogen) atoms. The molecule has 0 aliphatic rings. The van der Waals surface area contributed by atoms with Crippen LogP contribution in [-0.2, 0) is 17.9 Å². The van der Waals surface area contributed by atoms with Crippen molar-refractivity contribution in [3.8, 4) is 6.07 Å². The lowest BCUT2D eigenvalue weighted by molar-refractivity contribution is -0.137. The summed E-state index contributed by atoms with van der Waals surface area (Å²) in [5.41, 5.74) is 2.42. The molecular weight excluding hydrogens is 354 g/mol. The van der Waals surface area contributed by atoms with Crippen molar-refractivity contribution in [2.75, 3.05) is 0 Å². The van der Waals surface area contributed by atoms with Gasteiger partial charge in [-0.2, -0.15) is 5.26 Å². The topological polar surface area (TPSA) is 88.0 Å². The smallest absolute Gasteiger partial charge is 0.329 e. The second-order valence-corrected chi connectivity index (χ2v) is 6.62. The van der Waals surface area contributed by atoms with Gasteiger partial charge in [-0.25, -0.2) is 4.79 Å². The van der Waals surface area contributed by atoms with Gasteiger partial charge in [-0.15, -0.1) is 0 Å². The fourth-order valence-electron chi connectivity index (χ4n) is 3.57. The van der Waals surface area contributed by atoms with Crippen LogP contribution in [0.5, 0.6) is 0 Å². The summed E-state index contributed by atoms with van der Waals surface area (Å²) in [6.45, 7) is 0.421. The van der Waals surface area contributed by atoms with E-state index in [9.17, 15) is 14.9 Å². The highest BCUT2D eigenvalue weighted by atomic mass is 16.4. The number of nitrogens with zero attached hydrogens (tertiary/aromatic N) is 3. The lowest BCUT2D eigenvalue weighted by atomic mass is 10.0. The van der Waals surface area contributed by atoms with Crippen molar-refractivity contribution < 1.29 is 9.90 Å². The van der Waals surface area contributed by atoms with E-state index >= 15 is 0 Å². The minimum Gasteiger partial charge on any atom is -0.481 e. The largest absolute Gasteiger partial charge is 0.481 e. The zero-order valence-electron chi connectivity index (χ0n) is 15.0. The Bertz CT molecular complexity index is 1300. The first kappa shape index (κ1) is 17.6. The van der Waals surface area contributed by atoms with Crippen LogP contribution < -0.4 is 5.69 Å². The van der Waals surface area contributed by atoms with Crippen LogP contribution >= 0.6 is 0 Å². The summed E-state index contributed by atoms with van der Waals surface area (Å²) in [6.07, 6.45) is -0.146. The molecule has 1 heterocycles. The molecule has 0 spiro atoms. The Morgan fingerprint density at radius 3 is 2.57 bits per heavy atom. The number of aryl methyl sites for hydroxylation is 1. The predicted octanol–water partition coefficient (Wildman–Crippen LogP) is 3.35. The summed E-state index contributed by atoms with van der Waals surface area (Å²) in [4.78, 5) is 24.1. The molecule has 138 valence electrons. The van der Waals surface area contributed by atoms with Gasteiger partial charge in [-0.3, -0.25) is 13.9 Å².